The molecule has 0 aromatic heterocycles. The number of carboxylic acids is 1. The van der Waals surface area contributed by atoms with Crippen molar-refractivity contribution in [1.82, 2.24) is 10.6 Å². The molecule has 3 atom stereocenters. The fraction of sp³-hybridized carbons (Fsp3) is 0.423. The van der Waals surface area contributed by atoms with Gasteiger partial charge < -0.3 is 25.2 Å². The van der Waals surface area contributed by atoms with Gasteiger partial charge in [-0.25, -0.2) is 4.79 Å². The van der Waals surface area contributed by atoms with Gasteiger partial charge in [0.15, 0.2) is 6.10 Å². The van der Waals surface area contributed by atoms with Crippen molar-refractivity contribution in [3.63, 3.8) is 0 Å². The van der Waals surface area contributed by atoms with E-state index in [-0.39, 0.29) is 18.9 Å². The lowest BCUT2D eigenvalue weighted by Gasteiger charge is -2.23. The molecule has 3 N–H and O–H groups in total. The number of hydrogen-bond acceptors (Lipinski definition) is 5. The van der Waals surface area contributed by atoms with Crippen LogP contribution in [0.4, 0.5) is 4.79 Å². The zero-order valence-corrected chi connectivity index (χ0v) is 19.2. The second-order valence-corrected chi connectivity index (χ2v) is 8.75. The van der Waals surface area contributed by atoms with E-state index < -0.39 is 36.2 Å². The molecular formula is C26H30N2O6. The highest BCUT2D eigenvalue weighted by Crippen LogP contribution is 2.44. The average Bonchev–Trinajstić information content (AvgIpc) is 3.40. The molecule has 4 rings (SSSR count). The van der Waals surface area contributed by atoms with Crippen molar-refractivity contribution in [2.24, 2.45) is 0 Å². The second kappa shape index (κ2) is 10.7. The third kappa shape index (κ3) is 5.22. The lowest BCUT2D eigenvalue weighted by molar-refractivity contribution is -0.138. The van der Waals surface area contributed by atoms with E-state index in [0.29, 0.717) is 19.4 Å². The Balaban J connectivity index is 1.35. The molecule has 34 heavy (non-hydrogen) atoms. The monoisotopic (exact) mass is 466 g/mol. The minimum absolute atomic E-state index is 0.0529. The Morgan fingerprint density at radius 1 is 1.09 bits per heavy atom. The topological polar surface area (TPSA) is 114 Å². The maximum absolute atomic E-state index is 12.7. The van der Waals surface area contributed by atoms with Crippen LogP contribution in [0.25, 0.3) is 11.1 Å². The summed E-state index contributed by atoms with van der Waals surface area (Å²) in [5, 5.41) is 14.6. The molecule has 1 saturated heterocycles. The largest absolute Gasteiger partial charge is 0.481 e. The van der Waals surface area contributed by atoms with Gasteiger partial charge in [-0.1, -0.05) is 61.9 Å². The number of aliphatic carboxylic acids is 1. The van der Waals surface area contributed by atoms with Crippen LogP contribution in [0.15, 0.2) is 48.5 Å². The van der Waals surface area contributed by atoms with E-state index in [2.05, 4.69) is 34.9 Å². The van der Waals surface area contributed by atoms with E-state index in [1.807, 2.05) is 31.2 Å². The van der Waals surface area contributed by atoms with Gasteiger partial charge in [0, 0.05) is 18.6 Å². The summed E-state index contributed by atoms with van der Waals surface area (Å²) in [5.74, 6) is -1.44. The van der Waals surface area contributed by atoms with Crippen molar-refractivity contribution >= 4 is 18.0 Å². The molecule has 2 aromatic carbocycles. The first kappa shape index (κ1) is 23.8. The molecule has 2 aromatic rings. The van der Waals surface area contributed by atoms with Crippen LogP contribution in [0.5, 0.6) is 0 Å². The first-order valence-corrected chi connectivity index (χ1v) is 11.7. The van der Waals surface area contributed by atoms with E-state index in [1.54, 1.807) is 0 Å². The van der Waals surface area contributed by atoms with Crippen LogP contribution >= 0.6 is 0 Å². The summed E-state index contributed by atoms with van der Waals surface area (Å²) in [6, 6.07) is 15.2. The summed E-state index contributed by atoms with van der Waals surface area (Å²) in [4.78, 5) is 36.4. The minimum atomic E-state index is -0.973. The number of carbonyl (C=O) groups excluding carboxylic acids is 2. The summed E-state index contributed by atoms with van der Waals surface area (Å²) in [5.41, 5.74) is 4.55. The Bertz CT molecular complexity index is 1010. The molecule has 0 bridgehead atoms. The Kier molecular flexibility index (Phi) is 7.47. The molecule has 2 amide bonds. The Labute approximate surface area is 198 Å². The number of carbonyl (C=O) groups is 3. The molecule has 8 heteroatoms. The number of amides is 2. The normalized spacial score (nSPS) is 19.7. The molecule has 1 aliphatic carbocycles. The van der Waals surface area contributed by atoms with Crippen LogP contribution in [-0.4, -0.2) is 54.5 Å². The number of hydrogen-bond donors (Lipinski definition) is 3. The highest BCUT2D eigenvalue weighted by molar-refractivity contribution is 5.84. The van der Waals surface area contributed by atoms with Crippen LogP contribution in [0.1, 0.15) is 49.7 Å². The average molecular weight is 467 g/mol. The van der Waals surface area contributed by atoms with Gasteiger partial charge in [-0.05, 0) is 35.1 Å². The quantitative estimate of drug-likeness (QED) is 0.522. The first-order valence-electron chi connectivity index (χ1n) is 11.7. The molecule has 1 fully saturated rings. The molecule has 1 heterocycles. The van der Waals surface area contributed by atoms with Gasteiger partial charge >= 0.3 is 12.1 Å². The number of rotatable bonds is 9. The number of ether oxygens (including phenoxy) is 2. The van der Waals surface area contributed by atoms with Crippen LogP contribution in [0.3, 0.4) is 0 Å². The summed E-state index contributed by atoms with van der Waals surface area (Å²) >= 11 is 0. The van der Waals surface area contributed by atoms with Gasteiger partial charge in [-0.15, -0.1) is 0 Å². The van der Waals surface area contributed by atoms with Crippen molar-refractivity contribution in [3.05, 3.63) is 59.7 Å². The first-order chi connectivity index (χ1) is 16.5. The van der Waals surface area contributed by atoms with E-state index in [1.165, 1.54) is 0 Å². The zero-order chi connectivity index (χ0) is 24.1. The maximum atomic E-state index is 12.7. The summed E-state index contributed by atoms with van der Waals surface area (Å²) < 4.78 is 11.1. The van der Waals surface area contributed by atoms with Gasteiger partial charge in [-0.2, -0.15) is 0 Å². The number of benzene rings is 2. The molecule has 0 spiro atoms. The lowest BCUT2D eigenvalue weighted by atomic mass is 9.98. The SMILES string of the molecule is CCCC(CC(=O)O)NC(=O)[C@H]1OCC[C@H]1NC(=O)OCC1c2ccccc2-c2ccccc21. The zero-order valence-electron chi connectivity index (χ0n) is 19.2. The van der Waals surface area contributed by atoms with E-state index in [4.69, 9.17) is 14.6 Å². The van der Waals surface area contributed by atoms with E-state index >= 15 is 0 Å². The number of alkyl carbamates (subject to hydrolysis) is 1. The third-order valence-electron chi connectivity index (χ3n) is 6.40. The standard InChI is InChI=1S/C26H30N2O6/c1-2-7-16(14-23(29)30)27-25(31)24-22(12-13-33-24)28-26(32)34-15-21-19-10-5-3-8-17(19)18-9-4-6-11-20(18)21/h3-6,8-11,16,21-22,24H,2,7,12-15H2,1H3,(H,27,31)(H,28,32)(H,29,30)/t16?,22-,24+/m1/s1. The van der Waals surface area contributed by atoms with Crippen molar-refractivity contribution in [1.29, 1.82) is 0 Å². The molecular weight excluding hydrogens is 436 g/mol. The molecule has 180 valence electrons. The summed E-state index contributed by atoms with van der Waals surface area (Å²) in [6.45, 7) is 2.43. The Morgan fingerprint density at radius 2 is 1.74 bits per heavy atom. The van der Waals surface area contributed by atoms with Gasteiger partial charge in [-0.3, -0.25) is 9.59 Å². The lowest BCUT2D eigenvalue weighted by Crippen LogP contribution is -2.51. The predicted octanol–water partition coefficient (Wildman–Crippen LogP) is 3.44. The number of fused-ring (bicyclic) bond motifs is 3. The van der Waals surface area contributed by atoms with E-state index in [9.17, 15) is 14.4 Å². The highest BCUT2D eigenvalue weighted by atomic mass is 16.6. The third-order valence-corrected chi connectivity index (χ3v) is 6.40. The van der Waals surface area contributed by atoms with Crippen LogP contribution in [0, 0.1) is 0 Å². The maximum Gasteiger partial charge on any atom is 0.407 e. The molecule has 2 aliphatic rings. The van der Waals surface area contributed by atoms with Crippen molar-refractivity contribution < 1.29 is 29.0 Å². The van der Waals surface area contributed by atoms with Crippen molar-refractivity contribution in [2.75, 3.05) is 13.2 Å². The predicted molar refractivity (Wildman–Crippen MR) is 125 cm³/mol. The molecule has 1 unspecified atom stereocenters. The minimum Gasteiger partial charge on any atom is -0.481 e. The fourth-order valence-electron chi connectivity index (χ4n) is 4.86. The smallest absolute Gasteiger partial charge is 0.407 e. The Hall–Kier alpha value is -3.39. The van der Waals surface area contributed by atoms with E-state index in [0.717, 1.165) is 28.7 Å². The molecule has 0 radical (unpaired) electrons. The van der Waals surface area contributed by atoms with Crippen LogP contribution < -0.4 is 10.6 Å². The molecule has 1 aliphatic heterocycles. The molecule has 8 nitrogen and oxygen atoms in total. The summed E-state index contributed by atoms with van der Waals surface area (Å²) in [7, 11) is 0. The van der Waals surface area contributed by atoms with Gasteiger partial charge in [0.2, 0.25) is 0 Å². The van der Waals surface area contributed by atoms with Crippen LogP contribution in [-0.2, 0) is 19.1 Å². The second-order valence-electron chi connectivity index (χ2n) is 8.75. The molecule has 0 saturated carbocycles. The fourth-order valence-corrected chi connectivity index (χ4v) is 4.86. The van der Waals surface area contributed by atoms with Crippen molar-refractivity contribution in [3.8, 4) is 11.1 Å². The van der Waals surface area contributed by atoms with Gasteiger partial charge in [0.05, 0.1) is 12.5 Å². The number of carboxylic acid groups (broad SMARTS) is 1. The van der Waals surface area contributed by atoms with Gasteiger partial charge in [0.1, 0.15) is 6.61 Å². The van der Waals surface area contributed by atoms with Gasteiger partial charge in [0.25, 0.3) is 5.91 Å². The number of nitrogens with one attached hydrogen (secondary N) is 2. The summed E-state index contributed by atoms with van der Waals surface area (Å²) in [6.07, 6.45) is 0.121. The Morgan fingerprint density at radius 3 is 2.35 bits per heavy atom. The van der Waals surface area contributed by atoms with Crippen molar-refractivity contribution in [2.45, 2.75) is 56.7 Å². The highest BCUT2D eigenvalue weighted by Gasteiger charge is 2.37. The van der Waals surface area contributed by atoms with Crippen LogP contribution in [0.2, 0.25) is 0 Å².